The van der Waals surface area contributed by atoms with Crippen molar-refractivity contribution in [3.63, 3.8) is 0 Å². The van der Waals surface area contributed by atoms with Crippen LogP contribution in [-0.4, -0.2) is 171 Å². The van der Waals surface area contributed by atoms with Crippen molar-refractivity contribution in [1.82, 2.24) is 5.32 Å². The zero-order chi connectivity index (χ0) is 39.9. The highest BCUT2D eigenvalue weighted by molar-refractivity contribution is 5.75. The summed E-state index contributed by atoms with van der Waals surface area (Å²) in [6.45, 7) is 3.58. The Bertz CT molecular complexity index is 1050. The number of hydrogen-bond donors (Lipinski definition) is 11. The lowest BCUT2D eigenvalue weighted by Crippen LogP contribution is -2.70. The molecule has 13 N–H and O–H groups in total. The van der Waals surface area contributed by atoms with Gasteiger partial charge in [0, 0.05) is 0 Å². The number of aliphatic hydroxyl groups excluding tert-OH is 8. The van der Waals surface area contributed by atoms with Crippen molar-refractivity contribution >= 4 is 5.97 Å². The largest absolute Gasteiger partial charge is 0.461 e. The standard InChI is InChI=1S/C36H69N3O15/c1-4-6-7-8-9-10-11-12-13-15-20(14-5-2)49-33(47)19(3)39-26-30(46)32(53-35-25(38)28(44)27(43)21(16-40)51-35)23(18-42)52-36(26)54-31-22(17-41)50-34(48)24(37)29(31)45/h19-32,34-36,39-46,48H,4-18,37-38H2,1-3H3/t19?,20?,21-,22-,23-,24-,25-,26-,27-,28-,29-,30-,31?,32?,34-,35+,36+/m1/s1. The van der Waals surface area contributed by atoms with Gasteiger partial charge in [0.1, 0.15) is 67.1 Å². The maximum absolute atomic E-state index is 13.5. The van der Waals surface area contributed by atoms with Gasteiger partial charge in [-0.1, -0.05) is 71.6 Å². The van der Waals surface area contributed by atoms with Gasteiger partial charge in [-0.3, -0.25) is 10.1 Å². The second kappa shape index (κ2) is 23.9. The topological polar surface area (TPSA) is 298 Å². The second-order valence-electron chi connectivity index (χ2n) is 14.9. The van der Waals surface area contributed by atoms with Gasteiger partial charge in [-0.25, -0.2) is 0 Å². The van der Waals surface area contributed by atoms with Crippen LogP contribution in [0.15, 0.2) is 0 Å². The summed E-state index contributed by atoms with van der Waals surface area (Å²) < 4.78 is 34.9. The van der Waals surface area contributed by atoms with E-state index in [1.54, 1.807) is 0 Å². The van der Waals surface area contributed by atoms with Crippen LogP contribution in [0.25, 0.3) is 0 Å². The van der Waals surface area contributed by atoms with Crippen molar-refractivity contribution in [3.05, 3.63) is 0 Å². The Morgan fingerprint density at radius 3 is 1.78 bits per heavy atom. The molecule has 4 unspecified atom stereocenters. The lowest BCUT2D eigenvalue weighted by atomic mass is 9.93. The lowest BCUT2D eigenvalue weighted by molar-refractivity contribution is -0.350. The van der Waals surface area contributed by atoms with E-state index in [9.17, 15) is 45.6 Å². The van der Waals surface area contributed by atoms with Crippen LogP contribution in [0, 0.1) is 0 Å². The fourth-order valence-electron chi connectivity index (χ4n) is 7.22. The first-order valence-electron chi connectivity index (χ1n) is 19.8. The summed E-state index contributed by atoms with van der Waals surface area (Å²) in [5.41, 5.74) is 12.0. The minimum Gasteiger partial charge on any atom is -0.461 e. The Labute approximate surface area is 318 Å². The Kier molecular flexibility index (Phi) is 20.9. The van der Waals surface area contributed by atoms with Crippen LogP contribution >= 0.6 is 0 Å². The number of hydrogen-bond acceptors (Lipinski definition) is 18. The van der Waals surface area contributed by atoms with Gasteiger partial charge in [-0.05, 0) is 26.2 Å². The number of unbranched alkanes of at least 4 members (excludes halogenated alkanes) is 8. The lowest BCUT2D eigenvalue weighted by Gasteiger charge is -2.49. The van der Waals surface area contributed by atoms with Gasteiger partial charge in [0.15, 0.2) is 18.9 Å². The molecule has 0 amide bonds. The number of aliphatic hydroxyl groups is 8. The molecule has 3 aliphatic heterocycles. The third-order valence-corrected chi connectivity index (χ3v) is 10.6. The summed E-state index contributed by atoms with van der Waals surface area (Å²) in [4.78, 5) is 13.5. The van der Waals surface area contributed by atoms with E-state index in [0.717, 1.165) is 25.7 Å². The van der Waals surface area contributed by atoms with E-state index in [1.165, 1.54) is 45.4 Å². The monoisotopic (exact) mass is 783 g/mol. The number of rotatable bonds is 23. The van der Waals surface area contributed by atoms with Crippen molar-refractivity contribution in [3.8, 4) is 0 Å². The molecule has 3 fully saturated rings. The molecule has 0 aromatic carbocycles. The summed E-state index contributed by atoms with van der Waals surface area (Å²) in [6, 6.07) is -5.12. The SMILES string of the molecule is CCCCCCCCCCCC(CCC)OC(=O)C(C)N[C@H]1[C@H](OC2[C@@H](CO)O[C@@H](O)[C@H](N)[C@H]2O)O[C@H](CO)C(O[C@@H]2O[C@H](CO)[C@@H](O)[C@H](O)[C@H]2N)[C@@H]1O. The van der Waals surface area contributed by atoms with Crippen LogP contribution in [0.4, 0.5) is 0 Å². The fraction of sp³-hybridized carbons (Fsp3) is 0.972. The molecule has 17 atom stereocenters. The van der Waals surface area contributed by atoms with E-state index in [2.05, 4.69) is 12.2 Å². The predicted molar refractivity (Wildman–Crippen MR) is 192 cm³/mol. The van der Waals surface area contributed by atoms with Gasteiger partial charge in [0.25, 0.3) is 0 Å². The summed E-state index contributed by atoms with van der Waals surface area (Å²) in [6.07, 6.45) is -5.54. The molecule has 0 spiro atoms. The van der Waals surface area contributed by atoms with Crippen molar-refractivity contribution in [2.24, 2.45) is 11.5 Å². The molecule has 18 nitrogen and oxygen atoms in total. The third kappa shape index (κ3) is 12.9. The molecule has 3 aliphatic rings. The molecule has 3 heterocycles. The number of carbonyl (C=O) groups is 1. The van der Waals surface area contributed by atoms with E-state index in [1.807, 2.05) is 6.92 Å². The van der Waals surface area contributed by atoms with Crippen LogP contribution in [0.1, 0.15) is 97.8 Å². The van der Waals surface area contributed by atoms with Crippen LogP contribution in [0.3, 0.4) is 0 Å². The molecule has 3 saturated heterocycles. The van der Waals surface area contributed by atoms with Gasteiger partial charge >= 0.3 is 5.97 Å². The Balaban J connectivity index is 1.77. The molecule has 54 heavy (non-hydrogen) atoms. The van der Waals surface area contributed by atoms with Crippen LogP contribution < -0.4 is 16.8 Å². The molecule has 18 heteroatoms. The summed E-state index contributed by atoms with van der Waals surface area (Å²) in [7, 11) is 0. The number of nitrogens with one attached hydrogen (secondary N) is 1. The fourth-order valence-corrected chi connectivity index (χ4v) is 7.22. The number of esters is 1. The van der Waals surface area contributed by atoms with Crippen LogP contribution in [-0.2, 0) is 33.2 Å². The van der Waals surface area contributed by atoms with Gasteiger partial charge in [-0.2, -0.15) is 0 Å². The molecule has 0 bridgehead atoms. The molecule has 0 radical (unpaired) electrons. The van der Waals surface area contributed by atoms with Crippen molar-refractivity contribution in [2.45, 2.75) is 202 Å². The summed E-state index contributed by atoms with van der Waals surface area (Å²) in [5, 5.41) is 86.6. The molecule has 0 saturated carbocycles. The predicted octanol–water partition coefficient (Wildman–Crippen LogP) is -2.02. The van der Waals surface area contributed by atoms with E-state index in [0.29, 0.717) is 12.8 Å². The first-order chi connectivity index (χ1) is 25.8. The first kappa shape index (κ1) is 47.2. The van der Waals surface area contributed by atoms with Crippen LogP contribution in [0.5, 0.6) is 0 Å². The molecule has 0 aromatic rings. The minimum atomic E-state index is -1.68. The van der Waals surface area contributed by atoms with Gasteiger partial charge in [0.05, 0.1) is 37.9 Å². The van der Waals surface area contributed by atoms with Crippen LogP contribution in [0.2, 0.25) is 0 Å². The molecular formula is C36H69N3O15. The Morgan fingerprint density at radius 2 is 1.19 bits per heavy atom. The second-order valence-corrected chi connectivity index (χ2v) is 14.9. The highest BCUT2D eigenvalue weighted by atomic mass is 16.7. The average molecular weight is 784 g/mol. The molecule has 3 rings (SSSR count). The van der Waals surface area contributed by atoms with E-state index >= 15 is 0 Å². The molecule has 0 aromatic heterocycles. The van der Waals surface area contributed by atoms with Gasteiger partial charge < -0.3 is 80.7 Å². The van der Waals surface area contributed by atoms with E-state index in [-0.39, 0.29) is 6.10 Å². The number of nitrogens with two attached hydrogens (primary N) is 2. The zero-order valence-electron chi connectivity index (χ0n) is 32.0. The highest BCUT2D eigenvalue weighted by Crippen LogP contribution is 2.32. The summed E-state index contributed by atoms with van der Waals surface area (Å²) in [5.74, 6) is -0.614. The normalized spacial score (nSPS) is 38.6. The smallest absolute Gasteiger partial charge is 0.323 e. The third-order valence-electron chi connectivity index (χ3n) is 10.6. The molecular weight excluding hydrogens is 714 g/mol. The number of carbonyl (C=O) groups excluding carboxylic acids is 1. The highest BCUT2D eigenvalue weighted by Gasteiger charge is 2.53. The minimum absolute atomic E-state index is 0.329. The van der Waals surface area contributed by atoms with Gasteiger partial charge in [0.2, 0.25) is 0 Å². The maximum atomic E-state index is 13.5. The van der Waals surface area contributed by atoms with Crippen molar-refractivity contribution in [1.29, 1.82) is 0 Å². The maximum Gasteiger partial charge on any atom is 0.323 e. The van der Waals surface area contributed by atoms with Crippen molar-refractivity contribution in [2.75, 3.05) is 19.8 Å². The van der Waals surface area contributed by atoms with E-state index in [4.69, 9.17) is 39.9 Å². The average Bonchev–Trinajstić information content (AvgIpc) is 3.16. The Morgan fingerprint density at radius 1 is 0.648 bits per heavy atom. The van der Waals surface area contributed by atoms with Gasteiger partial charge in [-0.15, -0.1) is 0 Å². The first-order valence-corrected chi connectivity index (χ1v) is 19.8. The van der Waals surface area contributed by atoms with Crippen molar-refractivity contribution < 1.29 is 74.1 Å². The molecule has 318 valence electrons. The zero-order valence-corrected chi connectivity index (χ0v) is 32.0. The Hall–Kier alpha value is -1.17. The quantitative estimate of drug-likeness (QED) is 0.0394. The van der Waals surface area contributed by atoms with E-state index < -0.39 is 124 Å². The summed E-state index contributed by atoms with van der Waals surface area (Å²) >= 11 is 0. The molecule has 0 aliphatic carbocycles. The number of ether oxygens (including phenoxy) is 6.